The molecule has 0 atom stereocenters. The standard InChI is InChI=1S/C18H20Cl2O3PS2/c1-17(2,25-15-9-5-13(19)6-10-15)22-24(21)23-18(3,4)26-16-11-7-14(20)8-12-16/h5-12H,1-4H3/q+1. The lowest BCUT2D eigenvalue weighted by atomic mass is 10.4. The Labute approximate surface area is 174 Å². The van der Waals surface area contributed by atoms with Gasteiger partial charge in [0.1, 0.15) is 0 Å². The Morgan fingerprint density at radius 1 is 0.731 bits per heavy atom. The second-order valence-corrected chi connectivity index (χ2v) is 11.3. The van der Waals surface area contributed by atoms with Gasteiger partial charge in [-0.3, -0.25) is 0 Å². The smallest absolute Gasteiger partial charge is 0.102 e. The van der Waals surface area contributed by atoms with E-state index in [2.05, 4.69) is 0 Å². The van der Waals surface area contributed by atoms with Crippen molar-refractivity contribution >= 4 is 55.0 Å². The highest BCUT2D eigenvalue weighted by molar-refractivity contribution is 8.01. The molecule has 0 saturated carbocycles. The van der Waals surface area contributed by atoms with Crippen molar-refractivity contribution < 1.29 is 13.6 Å². The molecule has 0 aliphatic rings. The molecule has 0 fully saturated rings. The van der Waals surface area contributed by atoms with Crippen LogP contribution in [0.15, 0.2) is 58.3 Å². The van der Waals surface area contributed by atoms with E-state index >= 15 is 0 Å². The van der Waals surface area contributed by atoms with Gasteiger partial charge in [0.15, 0.2) is 9.87 Å². The van der Waals surface area contributed by atoms with Crippen molar-refractivity contribution in [1.29, 1.82) is 0 Å². The lowest BCUT2D eigenvalue weighted by molar-refractivity contribution is 0.130. The van der Waals surface area contributed by atoms with Gasteiger partial charge in [0.2, 0.25) is 0 Å². The van der Waals surface area contributed by atoms with Crippen LogP contribution in [0, 0.1) is 0 Å². The maximum Gasteiger partial charge on any atom is 0.700 e. The maximum atomic E-state index is 12.4. The summed E-state index contributed by atoms with van der Waals surface area (Å²) < 4.78 is 23.7. The molecule has 0 spiro atoms. The van der Waals surface area contributed by atoms with Crippen LogP contribution in [0.2, 0.25) is 10.0 Å². The van der Waals surface area contributed by atoms with Crippen LogP contribution in [0.5, 0.6) is 0 Å². The van der Waals surface area contributed by atoms with Gasteiger partial charge in [0.25, 0.3) is 0 Å². The Bertz CT molecular complexity index is 687. The van der Waals surface area contributed by atoms with Crippen LogP contribution in [0.25, 0.3) is 0 Å². The zero-order valence-electron chi connectivity index (χ0n) is 14.9. The second kappa shape index (κ2) is 9.29. The zero-order valence-corrected chi connectivity index (χ0v) is 18.9. The van der Waals surface area contributed by atoms with Crippen molar-refractivity contribution in [2.75, 3.05) is 0 Å². The Kier molecular flexibility index (Phi) is 7.87. The molecule has 0 aliphatic carbocycles. The molecular weight excluding hydrogens is 430 g/mol. The average Bonchev–Trinajstić information content (AvgIpc) is 2.50. The van der Waals surface area contributed by atoms with Crippen molar-refractivity contribution in [3.63, 3.8) is 0 Å². The molecule has 2 aromatic carbocycles. The highest BCUT2D eigenvalue weighted by Crippen LogP contribution is 2.46. The molecule has 0 amide bonds. The van der Waals surface area contributed by atoms with Gasteiger partial charge in [-0.15, -0.1) is 9.05 Å². The summed E-state index contributed by atoms with van der Waals surface area (Å²) in [4.78, 5) is 0.500. The van der Waals surface area contributed by atoms with Gasteiger partial charge < -0.3 is 0 Å². The SMILES string of the molecule is CC(C)(O[P+](=O)OC(C)(C)Sc1ccc(Cl)cc1)Sc1ccc(Cl)cc1. The normalized spacial score (nSPS) is 12.2. The molecule has 26 heavy (non-hydrogen) atoms. The second-order valence-electron chi connectivity index (χ2n) is 6.32. The van der Waals surface area contributed by atoms with E-state index in [1.807, 2.05) is 76.2 Å². The molecule has 0 aromatic heterocycles. The monoisotopic (exact) mass is 449 g/mol. The highest BCUT2D eigenvalue weighted by Gasteiger charge is 2.40. The van der Waals surface area contributed by atoms with Crippen LogP contribution in [-0.2, 0) is 13.6 Å². The molecule has 0 saturated heterocycles. The summed E-state index contributed by atoms with van der Waals surface area (Å²) in [7, 11) is -2.31. The summed E-state index contributed by atoms with van der Waals surface area (Å²) in [5.41, 5.74) is 0. The minimum atomic E-state index is -2.31. The zero-order chi connectivity index (χ0) is 19.4. The number of thioether (sulfide) groups is 2. The topological polar surface area (TPSA) is 35.5 Å². The van der Waals surface area contributed by atoms with E-state index in [0.717, 1.165) is 9.79 Å². The summed E-state index contributed by atoms with van der Waals surface area (Å²) in [6.45, 7) is 7.40. The third-order valence-electron chi connectivity index (χ3n) is 2.94. The molecular formula is C18H20Cl2O3PS2+. The summed E-state index contributed by atoms with van der Waals surface area (Å²) in [5, 5.41) is 1.34. The molecule has 0 heterocycles. The molecule has 0 radical (unpaired) electrons. The van der Waals surface area contributed by atoms with E-state index in [9.17, 15) is 4.57 Å². The van der Waals surface area contributed by atoms with Gasteiger partial charge in [0.05, 0.1) is 0 Å². The number of hydrogen-bond donors (Lipinski definition) is 0. The summed E-state index contributed by atoms with van der Waals surface area (Å²) in [6, 6.07) is 14.8. The van der Waals surface area contributed by atoms with Gasteiger partial charge >= 0.3 is 8.25 Å². The van der Waals surface area contributed by atoms with Gasteiger partial charge in [0, 0.05) is 24.4 Å². The first-order chi connectivity index (χ1) is 12.0. The number of halogens is 2. The molecule has 0 unspecified atom stereocenters. The lowest BCUT2D eigenvalue weighted by Gasteiger charge is -2.20. The van der Waals surface area contributed by atoms with Crippen LogP contribution < -0.4 is 0 Å². The van der Waals surface area contributed by atoms with E-state index in [1.165, 1.54) is 23.5 Å². The van der Waals surface area contributed by atoms with Crippen molar-refractivity contribution in [3.8, 4) is 0 Å². The van der Waals surface area contributed by atoms with Crippen LogP contribution >= 0.6 is 55.0 Å². The van der Waals surface area contributed by atoms with E-state index in [0.29, 0.717) is 10.0 Å². The quantitative estimate of drug-likeness (QED) is 0.231. The number of rotatable bonds is 8. The van der Waals surface area contributed by atoms with E-state index < -0.39 is 18.1 Å². The summed E-state index contributed by atoms with van der Waals surface area (Å²) in [6.07, 6.45) is 0. The van der Waals surface area contributed by atoms with Crippen molar-refractivity contribution in [1.82, 2.24) is 0 Å². The third kappa shape index (κ3) is 7.77. The van der Waals surface area contributed by atoms with Crippen LogP contribution in [0.4, 0.5) is 0 Å². The fraction of sp³-hybridized carbons (Fsp3) is 0.333. The molecule has 0 aliphatic heterocycles. The first-order valence-electron chi connectivity index (χ1n) is 7.79. The predicted molar refractivity (Wildman–Crippen MR) is 113 cm³/mol. The Hall–Kier alpha value is -0.260. The van der Waals surface area contributed by atoms with Crippen LogP contribution in [0.1, 0.15) is 27.7 Å². The van der Waals surface area contributed by atoms with Gasteiger partial charge in [-0.1, -0.05) is 46.7 Å². The molecule has 2 rings (SSSR count). The third-order valence-corrected chi connectivity index (χ3v) is 7.07. The minimum absolute atomic E-state index is 0.670. The summed E-state index contributed by atoms with van der Waals surface area (Å²) in [5.74, 6) is 0. The first-order valence-corrected chi connectivity index (χ1v) is 11.3. The average molecular weight is 450 g/mol. The number of benzene rings is 2. The maximum absolute atomic E-state index is 12.4. The molecule has 3 nitrogen and oxygen atoms in total. The molecule has 140 valence electrons. The number of hydrogen-bond acceptors (Lipinski definition) is 5. The highest BCUT2D eigenvalue weighted by atomic mass is 35.5. The Morgan fingerprint density at radius 2 is 1.04 bits per heavy atom. The van der Waals surface area contributed by atoms with Gasteiger partial charge in [-0.25, -0.2) is 0 Å². The largest absolute Gasteiger partial charge is 0.700 e. The van der Waals surface area contributed by atoms with Crippen LogP contribution in [-0.4, -0.2) is 9.87 Å². The van der Waals surface area contributed by atoms with Gasteiger partial charge in [-0.05, 0) is 76.2 Å². The van der Waals surface area contributed by atoms with E-state index in [4.69, 9.17) is 32.2 Å². The lowest BCUT2D eigenvalue weighted by Crippen LogP contribution is -2.20. The molecule has 0 N–H and O–H groups in total. The first kappa shape index (κ1) is 22.0. The van der Waals surface area contributed by atoms with E-state index in [1.54, 1.807) is 0 Å². The van der Waals surface area contributed by atoms with Crippen molar-refractivity contribution in [2.45, 2.75) is 47.4 Å². The van der Waals surface area contributed by atoms with E-state index in [-0.39, 0.29) is 0 Å². The predicted octanol–water partition coefficient (Wildman–Crippen LogP) is 8.04. The Morgan fingerprint density at radius 3 is 1.35 bits per heavy atom. The van der Waals surface area contributed by atoms with Gasteiger partial charge in [-0.2, -0.15) is 0 Å². The molecule has 8 heteroatoms. The molecule has 2 aromatic rings. The minimum Gasteiger partial charge on any atom is -0.102 e. The van der Waals surface area contributed by atoms with Crippen molar-refractivity contribution in [3.05, 3.63) is 58.6 Å². The molecule has 0 bridgehead atoms. The van der Waals surface area contributed by atoms with Crippen LogP contribution in [0.3, 0.4) is 0 Å². The van der Waals surface area contributed by atoms with Crippen molar-refractivity contribution in [2.24, 2.45) is 0 Å². The summed E-state index contributed by atoms with van der Waals surface area (Å²) >= 11 is 14.7. The Balaban J connectivity index is 1.92. The fourth-order valence-electron chi connectivity index (χ4n) is 1.99. The fourth-order valence-corrected chi connectivity index (χ4v) is 5.34.